The van der Waals surface area contributed by atoms with E-state index in [0.29, 0.717) is 24.3 Å². The maximum Gasteiger partial charge on any atom is 0.240 e. The number of amides is 2. The molecule has 0 unspecified atom stereocenters. The average molecular weight is 330 g/mol. The van der Waals surface area contributed by atoms with Gasteiger partial charge in [-0.1, -0.05) is 25.0 Å². The highest BCUT2D eigenvalue weighted by Crippen LogP contribution is 2.47. The molecular weight excluding hydrogens is 304 g/mol. The highest BCUT2D eigenvalue weighted by Gasteiger charge is 2.57. The number of rotatable bonds is 6. The van der Waals surface area contributed by atoms with Crippen molar-refractivity contribution < 1.29 is 14.3 Å². The average Bonchev–Trinajstić information content (AvgIpc) is 3.21. The van der Waals surface area contributed by atoms with Gasteiger partial charge >= 0.3 is 0 Å². The quantitative estimate of drug-likeness (QED) is 0.787. The second-order valence-electron chi connectivity index (χ2n) is 7.15. The molecule has 0 atom stereocenters. The summed E-state index contributed by atoms with van der Waals surface area (Å²) in [7, 11) is 0. The first-order valence-electron chi connectivity index (χ1n) is 8.89. The second kappa shape index (κ2) is 6.83. The number of nitrogens with one attached hydrogen (secondary N) is 2. The van der Waals surface area contributed by atoms with E-state index in [4.69, 9.17) is 4.74 Å². The number of carbonyl (C=O) groups is 2. The van der Waals surface area contributed by atoms with Gasteiger partial charge in [0.1, 0.15) is 11.2 Å². The summed E-state index contributed by atoms with van der Waals surface area (Å²) in [6.45, 7) is 3.88. The highest BCUT2D eigenvalue weighted by molar-refractivity contribution is 6.13. The first kappa shape index (κ1) is 16.8. The van der Waals surface area contributed by atoms with E-state index in [1.54, 1.807) is 6.07 Å². The molecule has 0 heterocycles. The van der Waals surface area contributed by atoms with Crippen LogP contribution in [0.5, 0.6) is 5.75 Å². The van der Waals surface area contributed by atoms with Crippen LogP contribution in [-0.4, -0.2) is 24.0 Å². The molecule has 2 amide bonds. The van der Waals surface area contributed by atoms with Crippen molar-refractivity contribution in [3.8, 4) is 5.75 Å². The lowest BCUT2D eigenvalue weighted by atomic mass is 10.0. The van der Waals surface area contributed by atoms with E-state index in [1.807, 2.05) is 32.0 Å². The van der Waals surface area contributed by atoms with Crippen LogP contribution in [0.1, 0.15) is 52.4 Å². The topological polar surface area (TPSA) is 67.4 Å². The van der Waals surface area contributed by atoms with Crippen molar-refractivity contribution in [2.75, 3.05) is 5.32 Å². The minimum atomic E-state index is -0.895. The van der Waals surface area contributed by atoms with Crippen molar-refractivity contribution in [3.63, 3.8) is 0 Å². The molecule has 130 valence electrons. The highest BCUT2D eigenvalue weighted by atomic mass is 16.5. The molecule has 0 radical (unpaired) electrons. The summed E-state index contributed by atoms with van der Waals surface area (Å²) in [5.74, 6) is 0.291. The number of anilines is 1. The predicted octanol–water partition coefficient (Wildman–Crippen LogP) is 3.25. The SMILES string of the molecule is CC(C)Oc1ccccc1NC(=O)C1(C(=O)NC2CCCC2)CC1. The fraction of sp³-hybridized carbons (Fsp3) is 0.579. The molecule has 2 N–H and O–H groups in total. The molecule has 5 nitrogen and oxygen atoms in total. The minimum Gasteiger partial charge on any atom is -0.489 e. The fourth-order valence-corrected chi connectivity index (χ4v) is 3.24. The third kappa shape index (κ3) is 3.55. The van der Waals surface area contributed by atoms with Crippen molar-refractivity contribution in [2.45, 2.75) is 64.5 Å². The third-order valence-corrected chi connectivity index (χ3v) is 4.81. The maximum atomic E-state index is 12.7. The molecule has 3 rings (SSSR count). The molecular formula is C19H26N2O3. The zero-order valence-electron chi connectivity index (χ0n) is 14.4. The Morgan fingerprint density at radius 2 is 1.79 bits per heavy atom. The summed E-state index contributed by atoms with van der Waals surface area (Å²) in [5.41, 5.74) is -0.274. The smallest absolute Gasteiger partial charge is 0.240 e. The first-order chi connectivity index (χ1) is 11.5. The van der Waals surface area contributed by atoms with Crippen LogP contribution >= 0.6 is 0 Å². The van der Waals surface area contributed by atoms with E-state index in [0.717, 1.165) is 25.7 Å². The molecule has 2 aliphatic carbocycles. The van der Waals surface area contributed by atoms with Crippen LogP contribution in [0.4, 0.5) is 5.69 Å². The molecule has 1 aromatic carbocycles. The lowest BCUT2D eigenvalue weighted by molar-refractivity contribution is -0.134. The van der Waals surface area contributed by atoms with Gasteiger partial charge in [-0.3, -0.25) is 9.59 Å². The van der Waals surface area contributed by atoms with Gasteiger partial charge in [-0.05, 0) is 51.7 Å². The van der Waals surface area contributed by atoms with E-state index in [1.165, 1.54) is 0 Å². The largest absolute Gasteiger partial charge is 0.489 e. The lowest BCUT2D eigenvalue weighted by Crippen LogP contribution is -2.43. The van der Waals surface area contributed by atoms with Gasteiger partial charge in [0.15, 0.2) is 0 Å². The van der Waals surface area contributed by atoms with Gasteiger partial charge in [-0.2, -0.15) is 0 Å². The molecule has 5 heteroatoms. The van der Waals surface area contributed by atoms with Gasteiger partial charge in [0.25, 0.3) is 0 Å². The number of hydrogen-bond acceptors (Lipinski definition) is 3. The van der Waals surface area contributed by atoms with Gasteiger partial charge in [0.05, 0.1) is 11.8 Å². The fourth-order valence-electron chi connectivity index (χ4n) is 3.24. The third-order valence-electron chi connectivity index (χ3n) is 4.81. The van der Waals surface area contributed by atoms with Crippen LogP contribution in [0.25, 0.3) is 0 Å². The Labute approximate surface area is 143 Å². The molecule has 0 aliphatic heterocycles. The number of benzene rings is 1. The summed E-state index contributed by atoms with van der Waals surface area (Å²) < 4.78 is 5.73. The normalized spacial score (nSPS) is 19.1. The Balaban J connectivity index is 1.67. The Bertz CT molecular complexity index is 617. The van der Waals surface area contributed by atoms with Crippen molar-refractivity contribution in [1.82, 2.24) is 5.32 Å². The zero-order chi connectivity index (χ0) is 17.2. The maximum absolute atomic E-state index is 12.7. The molecule has 0 saturated heterocycles. The van der Waals surface area contributed by atoms with Gasteiger partial charge in [-0.25, -0.2) is 0 Å². The minimum absolute atomic E-state index is 0.0172. The lowest BCUT2D eigenvalue weighted by Gasteiger charge is -2.20. The predicted molar refractivity (Wildman–Crippen MR) is 92.9 cm³/mol. The standard InChI is InChI=1S/C19H26N2O3/c1-13(2)24-16-10-6-5-9-15(16)21-18(23)19(11-12-19)17(22)20-14-7-3-4-8-14/h5-6,9-10,13-14H,3-4,7-8,11-12H2,1-2H3,(H,20,22)(H,21,23). The van der Waals surface area contributed by atoms with E-state index in [2.05, 4.69) is 10.6 Å². The van der Waals surface area contributed by atoms with Crippen molar-refractivity contribution in [2.24, 2.45) is 5.41 Å². The molecule has 2 aliphatic rings. The van der Waals surface area contributed by atoms with Crippen LogP contribution in [0.15, 0.2) is 24.3 Å². The Kier molecular flexibility index (Phi) is 4.78. The Morgan fingerprint density at radius 1 is 1.12 bits per heavy atom. The summed E-state index contributed by atoms with van der Waals surface area (Å²) in [5, 5.41) is 5.96. The monoisotopic (exact) mass is 330 g/mol. The number of para-hydroxylation sites is 2. The zero-order valence-corrected chi connectivity index (χ0v) is 14.4. The van der Waals surface area contributed by atoms with Gasteiger partial charge in [0.2, 0.25) is 11.8 Å². The van der Waals surface area contributed by atoms with Gasteiger partial charge < -0.3 is 15.4 Å². The first-order valence-corrected chi connectivity index (χ1v) is 8.89. The number of carbonyl (C=O) groups excluding carboxylic acids is 2. The van der Waals surface area contributed by atoms with Crippen LogP contribution in [0, 0.1) is 5.41 Å². The Hall–Kier alpha value is -2.04. The number of ether oxygens (including phenoxy) is 1. The van der Waals surface area contributed by atoms with Crippen molar-refractivity contribution >= 4 is 17.5 Å². The van der Waals surface area contributed by atoms with Crippen molar-refractivity contribution in [1.29, 1.82) is 0 Å². The van der Waals surface area contributed by atoms with Crippen LogP contribution < -0.4 is 15.4 Å². The second-order valence-corrected chi connectivity index (χ2v) is 7.15. The summed E-state index contributed by atoms with van der Waals surface area (Å²) >= 11 is 0. The number of hydrogen-bond donors (Lipinski definition) is 2. The molecule has 0 bridgehead atoms. The van der Waals surface area contributed by atoms with Gasteiger partial charge in [0, 0.05) is 6.04 Å². The Morgan fingerprint density at radius 3 is 2.42 bits per heavy atom. The molecule has 1 aromatic rings. The van der Waals surface area contributed by atoms with Crippen LogP contribution in [0.3, 0.4) is 0 Å². The van der Waals surface area contributed by atoms with E-state index in [-0.39, 0.29) is 24.0 Å². The van der Waals surface area contributed by atoms with Crippen LogP contribution in [0.2, 0.25) is 0 Å². The summed E-state index contributed by atoms with van der Waals surface area (Å²) in [6, 6.07) is 7.59. The van der Waals surface area contributed by atoms with Crippen LogP contribution in [-0.2, 0) is 9.59 Å². The van der Waals surface area contributed by atoms with Gasteiger partial charge in [-0.15, -0.1) is 0 Å². The van der Waals surface area contributed by atoms with E-state index in [9.17, 15) is 9.59 Å². The molecule has 2 fully saturated rings. The van der Waals surface area contributed by atoms with E-state index < -0.39 is 5.41 Å². The molecule has 0 spiro atoms. The summed E-state index contributed by atoms with van der Waals surface area (Å²) in [4.78, 5) is 25.3. The summed E-state index contributed by atoms with van der Waals surface area (Å²) in [6.07, 6.45) is 5.61. The molecule has 24 heavy (non-hydrogen) atoms. The van der Waals surface area contributed by atoms with E-state index >= 15 is 0 Å². The van der Waals surface area contributed by atoms with Crippen molar-refractivity contribution in [3.05, 3.63) is 24.3 Å². The molecule has 0 aromatic heterocycles. The molecule has 2 saturated carbocycles.